The van der Waals surface area contributed by atoms with Gasteiger partial charge < -0.3 is 14.6 Å². The average molecular weight is 266 g/mol. The highest BCUT2D eigenvalue weighted by molar-refractivity contribution is 6.32. The summed E-state index contributed by atoms with van der Waals surface area (Å²) in [7, 11) is 1.56. The van der Waals surface area contributed by atoms with Crippen molar-refractivity contribution in [3.05, 3.63) is 23.8 Å². The number of ketones is 1. The molecule has 0 atom stereocenters. The molecule has 5 heteroatoms. The minimum absolute atomic E-state index is 0.0190. The first-order chi connectivity index (χ1) is 9.08. The number of carboxylic acid groups (broad SMARTS) is 1. The molecule has 0 aliphatic carbocycles. The number of rotatable bonds is 8. The van der Waals surface area contributed by atoms with Crippen LogP contribution in [0.5, 0.6) is 11.5 Å². The summed E-state index contributed by atoms with van der Waals surface area (Å²) in [5.74, 6) is -0.936. The van der Waals surface area contributed by atoms with Crippen molar-refractivity contribution in [2.24, 2.45) is 0 Å². The number of hydrogen-bond donors (Lipinski definition) is 1. The van der Waals surface area contributed by atoms with Crippen LogP contribution < -0.4 is 9.47 Å². The topological polar surface area (TPSA) is 72.8 Å². The van der Waals surface area contributed by atoms with Gasteiger partial charge in [0.1, 0.15) is 0 Å². The summed E-state index contributed by atoms with van der Waals surface area (Å²) in [6.07, 6.45) is 1.23. The van der Waals surface area contributed by atoms with E-state index in [2.05, 4.69) is 0 Å². The smallest absolute Gasteiger partial charge is 0.372 e. The zero-order valence-electron chi connectivity index (χ0n) is 11.1. The van der Waals surface area contributed by atoms with Gasteiger partial charge in [0.25, 0.3) is 0 Å². The summed E-state index contributed by atoms with van der Waals surface area (Å²) >= 11 is 0. The molecular weight excluding hydrogens is 248 g/mol. The molecule has 0 aliphatic rings. The molecule has 0 unspecified atom stereocenters. The van der Waals surface area contributed by atoms with Gasteiger partial charge in [-0.25, -0.2) is 4.79 Å². The molecule has 104 valence electrons. The monoisotopic (exact) mass is 266 g/mol. The summed E-state index contributed by atoms with van der Waals surface area (Å²) in [5, 5.41) is 8.52. The van der Waals surface area contributed by atoms with Crippen molar-refractivity contribution < 1.29 is 24.2 Å². The number of hydrogen-bond acceptors (Lipinski definition) is 4. The predicted molar refractivity (Wildman–Crippen MR) is 69.7 cm³/mol. The van der Waals surface area contributed by atoms with Gasteiger partial charge in [-0.3, -0.25) is 4.79 Å². The van der Waals surface area contributed by atoms with E-state index in [9.17, 15) is 9.59 Å². The van der Waals surface area contributed by atoms with E-state index in [-0.39, 0.29) is 6.42 Å². The number of ether oxygens (including phenoxy) is 2. The number of Topliss-reactive ketones (excluding diaryl/α,β-unsaturated/α-hetero) is 1. The quantitative estimate of drug-likeness (QED) is 0.729. The Labute approximate surface area is 112 Å². The highest BCUT2D eigenvalue weighted by Crippen LogP contribution is 2.28. The molecule has 0 aliphatic heterocycles. The Morgan fingerprint density at radius 2 is 2.00 bits per heavy atom. The second-order valence-electron chi connectivity index (χ2n) is 4.06. The van der Waals surface area contributed by atoms with Crippen LogP contribution in [0.15, 0.2) is 18.2 Å². The molecule has 1 aromatic carbocycles. The highest BCUT2D eigenvalue weighted by atomic mass is 16.5. The number of carbonyl (C=O) groups is 2. The Bertz CT molecular complexity index is 453. The third-order valence-corrected chi connectivity index (χ3v) is 2.57. The number of aryl methyl sites for hydroxylation is 1. The van der Waals surface area contributed by atoms with Gasteiger partial charge in [0.15, 0.2) is 11.5 Å². The van der Waals surface area contributed by atoms with Crippen LogP contribution in [-0.2, 0) is 16.0 Å². The van der Waals surface area contributed by atoms with Crippen molar-refractivity contribution in [2.75, 3.05) is 13.7 Å². The predicted octanol–water partition coefficient (Wildman–Crippen LogP) is 2.07. The number of benzene rings is 1. The lowest BCUT2D eigenvalue weighted by Crippen LogP contribution is -2.13. The molecule has 1 rings (SSSR count). The lowest BCUT2D eigenvalue weighted by atomic mass is 10.1. The van der Waals surface area contributed by atoms with Crippen LogP contribution >= 0.6 is 0 Å². The first-order valence-electron chi connectivity index (χ1n) is 6.14. The molecule has 0 saturated heterocycles. The van der Waals surface area contributed by atoms with Crippen molar-refractivity contribution in [1.29, 1.82) is 0 Å². The Balaban J connectivity index is 2.74. The molecule has 0 heterocycles. The summed E-state index contributed by atoms with van der Waals surface area (Å²) in [4.78, 5) is 21.5. The molecule has 0 radical (unpaired) electrons. The van der Waals surface area contributed by atoms with Gasteiger partial charge in [-0.05, 0) is 30.5 Å². The van der Waals surface area contributed by atoms with Crippen LogP contribution in [0.4, 0.5) is 0 Å². The third kappa shape index (κ3) is 4.62. The van der Waals surface area contributed by atoms with Crippen LogP contribution in [0.2, 0.25) is 0 Å². The second kappa shape index (κ2) is 7.41. The van der Waals surface area contributed by atoms with Crippen LogP contribution in [0.3, 0.4) is 0 Å². The maximum absolute atomic E-state index is 11.0. The van der Waals surface area contributed by atoms with Gasteiger partial charge in [0.2, 0.25) is 5.78 Å². The lowest BCUT2D eigenvalue weighted by molar-refractivity contribution is -0.149. The molecule has 19 heavy (non-hydrogen) atoms. The molecule has 0 amide bonds. The van der Waals surface area contributed by atoms with Crippen molar-refractivity contribution in [1.82, 2.24) is 0 Å². The van der Waals surface area contributed by atoms with Crippen LogP contribution in [0.1, 0.15) is 25.3 Å². The maximum Gasteiger partial charge on any atom is 0.372 e. The van der Waals surface area contributed by atoms with E-state index in [1.165, 1.54) is 0 Å². The van der Waals surface area contributed by atoms with E-state index < -0.39 is 11.8 Å². The standard InChI is InChI=1S/C14H18O5/c1-3-8-19-13-9-10(5-7-12(13)18-2)4-6-11(15)14(16)17/h5,7,9H,3-4,6,8H2,1-2H3,(H,16,17). The summed E-state index contributed by atoms with van der Waals surface area (Å²) < 4.78 is 10.7. The minimum atomic E-state index is -1.39. The third-order valence-electron chi connectivity index (χ3n) is 2.57. The van der Waals surface area contributed by atoms with Crippen LogP contribution in [0, 0.1) is 0 Å². The lowest BCUT2D eigenvalue weighted by Gasteiger charge is -2.11. The molecule has 0 bridgehead atoms. The van der Waals surface area contributed by atoms with E-state index in [4.69, 9.17) is 14.6 Å². The molecule has 0 fully saturated rings. The Hall–Kier alpha value is -2.04. The zero-order valence-corrected chi connectivity index (χ0v) is 11.1. The van der Waals surface area contributed by atoms with Crippen molar-refractivity contribution >= 4 is 11.8 Å². The van der Waals surface area contributed by atoms with Gasteiger partial charge in [-0.1, -0.05) is 13.0 Å². The van der Waals surface area contributed by atoms with E-state index >= 15 is 0 Å². The first-order valence-corrected chi connectivity index (χ1v) is 6.14. The van der Waals surface area contributed by atoms with E-state index in [1.807, 2.05) is 6.92 Å². The van der Waals surface area contributed by atoms with Crippen molar-refractivity contribution in [3.8, 4) is 11.5 Å². The largest absolute Gasteiger partial charge is 0.493 e. The number of carboxylic acids is 1. The minimum Gasteiger partial charge on any atom is -0.493 e. The van der Waals surface area contributed by atoms with Crippen LogP contribution in [-0.4, -0.2) is 30.6 Å². The van der Waals surface area contributed by atoms with Gasteiger partial charge in [0, 0.05) is 6.42 Å². The first kappa shape index (κ1) is 15.0. The van der Waals surface area contributed by atoms with Gasteiger partial charge in [0.05, 0.1) is 13.7 Å². The SMILES string of the molecule is CCCOc1cc(CCC(=O)C(=O)O)ccc1OC. The fourth-order valence-corrected chi connectivity index (χ4v) is 1.57. The average Bonchev–Trinajstić information content (AvgIpc) is 2.42. The van der Waals surface area contributed by atoms with E-state index in [0.717, 1.165) is 12.0 Å². The van der Waals surface area contributed by atoms with Gasteiger partial charge >= 0.3 is 5.97 Å². The summed E-state index contributed by atoms with van der Waals surface area (Å²) in [6.45, 7) is 2.58. The molecular formula is C14H18O5. The fraction of sp³-hybridized carbons (Fsp3) is 0.429. The molecule has 1 N–H and O–H groups in total. The normalized spacial score (nSPS) is 10.0. The fourth-order valence-electron chi connectivity index (χ4n) is 1.57. The van der Waals surface area contributed by atoms with Crippen molar-refractivity contribution in [3.63, 3.8) is 0 Å². The highest BCUT2D eigenvalue weighted by Gasteiger charge is 2.12. The second-order valence-corrected chi connectivity index (χ2v) is 4.06. The molecule has 0 aromatic heterocycles. The number of carbonyl (C=O) groups excluding carboxylic acids is 1. The Kier molecular flexibility index (Phi) is 5.85. The van der Waals surface area contributed by atoms with Gasteiger partial charge in [-0.15, -0.1) is 0 Å². The number of aliphatic carboxylic acids is 1. The molecule has 5 nitrogen and oxygen atoms in total. The van der Waals surface area contributed by atoms with E-state index in [1.54, 1.807) is 25.3 Å². The Morgan fingerprint density at radius 1 is 1.26 bits per heavy atom. The van der Waals surface area contributed by atoms with Crippen molar-refractivity contribution in [2.45, 2.75) is 26.2 Å². The molecule has 1 aromatic rings. The van der Waals surface area contributed by atoms with E-state index in [0.29, 0.717) is 24.5 Å². The Morgan fingerprint density at radius 3 is 2.58 bits per heavy atom. The molecule has 0 spiro atoms. The summed E-state index contributed by atoms with van der Waals surface area (Å²) in [5.41, 5.74) is 0.849. The molecule has 0 saturated carbocycles. The maximum atomic E-state index is 11.0. The van der Waals surface area contributed by atoms with Crippen LogP contribution in [0.25, 0.3) is 0 Å². The zero-order chi connectivity index (χ0) is 14.3. The summed E-state index contributed by atoms with van der Waals surface area (Å²) in [6, 6.07) is 5.34. The number of methoxy groups -OCH3 is 1. The van der Waals surface area contributed by atoms with Gasteiger partial charge in [-0.2, -0.15) is 0 Å².